The van der Waals surface area contributed by atoms with Crippen molar-refractivity contribution in [2.45, 2.75) is 6.42 Å². The van der Waals surface area contributed by atoms with Crippen molar-refractivity contribution in [1.82, 2.24) is 15.2 Å². The molecule has 8 nitrogen and oxygen atoms in total. The van der Waals surface area contributed by atoms with E-state index in [-0.39, 0.29) is 0 Å². The number of aromatic nitrogens is 1. The fourth-order valence-corrected chi connectivity index (χ4v) is 4.32. The fourth-order valence-electron chi connectivity index (χ4n) is 4.32. The Hall–Kier alpha value is -3.80. The highest BCUT2D eigenvalue weighted by atomic mass is 16.5. The molecule has 2 aromatic carbocycles. The molecule has 1 fully saturated rings. The minimum atomic E-state index is 0.433. The van der Waals surface area contributed by atoms with Gasteiger partial charge >= 0.3 is 0 Å². The molecule has 0 radical (unpaired) electrons. The maximum Gasteiger partial charge on any atom is 0.163 e. The lowest BCUT2D eigenvalue weighted by Gasteiger charge is -2.27. The van der Waals surface area contributed by atoms with E-state index in [1.807, 2.05) is 36.4 Å². The summed E-state index contributed by atoms with van der Waals surface area (Å²) >= 11 is 0. The summed E-state index contributed by atoms with van der Waals surface area (Å²) in [6.45, 7) is 5.83. The lowest BCUT2D eigenvalue weighted by atomic mass is 10.1. The third-order valence-electron chi connectivity index (χ3n) is 6.10. The molecule has 1 aliphatic rings. The molecule has 0 saturated carbocycles. The number of ether oxygens (including phenoxy) is 2. The quantitative estimate of drug-likeness (QED) is 0.379. The number of hydrogen-bond acceptors (Lipinski definition) is 8. The number of furan rings is 1. The molecule has 0 atom stereocenters. The molecule has 0 aliphatic carbocycles. The van der Waals surface area contributed by atoms with Gasteiger partial charge in [0.15, 0.2) is 17.1 Å². The number of nitrogens with zero attached hydrogens (tertiary/aromatic N) is 3. The number of rotatable bonds is 8. The van der Waals surface area contributed by atoms with Gasteiger partial charge in [0.05, 0.1) is 42.4 Å². The Morgan fingerprint density at radius 3 is 2.91 bits per heavy atom. The maximum absolute atomic E-state index is 9.74. The second kappa shape index (κ2) is 10.00. The summed E-state index contributed by atoms with van der Waals surface area (Å²) in [7, 11) is 1.62. The first-order valence-electron chi connectivity index (χ1n) is 11.5. The van der Waals surface area contributed by atoms with Crippen LogP contribution in [0.3, 0.4) is 0 Å². The van der Waals surface area contributed by atoms with Crippen LogP contribution < -0.4 is 20.1 Å². The third-order valence-corrected chi connectivity index (χ3v) is 6.10. The summed E-state index contributed by atoms with van der Waals surface area (Å²) in [5, 5.41) is 18.3. The van der Waals surface area contributed by atoms with Gasteiger partial charge in [-0.1, -0.05) is 12.1 Å². The van der Waals surface area contributed by atoms with Gasteiger partial charge in [-0.2, -0.15) is 5.26 Å². The van der Waals surface area contributed by atoms with Crippen molar-refractivity contribution >= 4 is 33.2 Å². The van der Waals surface area contributed by atoms with Gasteiger partial charge in [0.2, 0.25) is 0 Å². The van der Waals surface area contributed by atoms with Gasteiger partial charge in [-0.05, 0) is 24.6 Å². The number of anilines is 2. The molecule has 4 aromatic rings. The first-order valence-corrected chi connectivity index (χ1v) is 11.5. The highest BCUT2D eigenvalue weighted by Gasteiger charge is 2.16. The SMILES string of the molecule is COc1cc2c(Nc3cccc4ccoc34)c(C#N)cnc2cc1OCCCN1CCNCC1. The second-order valence-electron chi connectivity index (χ2n) is 8.24. The van der Waals surface area contributed by atoms with E-state index in [0.29, 0.717) is 34.9 Å². The van der Waals surface area contributed by atoms with Gasteiger partial charge in [-0.25, -0.2) is 0 Å². The van der Waals surface area contributed by atoms with Crippen LogP contribution in [-0.2, 0) is 0 Å². The van der Waals surface area contributed by atoms with Crippen molar-refractivity contribution in [3.05, 3.63) is 54.4 Å². The standard InChI is InChI=1S/C26H27N5O3/c1-32-23-14-20-22(15-24(23)33-12-3-9-31-10-7-28-8-11-31)29-17-19(16-27)25(20)30-21-5-2-4-18-6-13-34-26(18)21/h2,4-6,13-15,17,28H,3,7-12H2,1H3,(H,29,30). The third kappa shape index (κ3) is 4.49. The summed E-state index contributed by atoms with van der Waals surface area (Å²) in [6.07, 6.45) is 4.16. The first kappa shape index (κ1) is 22.0. The normalized spacial score (nSPS) is 14.2. The molecule has 0 amide bonds. The van der Waals surface area contributed by atoms with Crippen LogP contribution in [-0.4, -0.2) is 56.3 Å². The van der Waals surface area contributed by atoms with Crippen LogP contribution in [0.4, 0.5) is 11.4 Å². The highest BCUT2D eigenvalue weighted by molar-refractivity contribution is 6.00. The molecule has 2 aromatic heterocycles. The molecule has 8 heteroatoms. The summed E-state index contributed by atoms with van der Waals surface area (Å²) in [5.41, 5.74) is 3.31. The van der Waals surface area contributed by atoms with E-state index in [1.165, 1.54) is 0 Å². The van der Waals surface area contributed by atoms with Gasteiger partial charge in [-0.15, -0.1) is 0 Å². The van der Waals surface area contributed by atoms with Gasteiger partial charge < -0.3 is 29.4 Å². The van der Waals surface area contributed by atoms with Crippen LogP contribution in [0.25, 0.3) is 21.9 Å². The van der Waals surface area contributed by atoms with Crippen LogP contribution in [0.1, 0.15) is 12.0 Å². The monoisotopic (exact) mass is 457 g/mol. The molecule has 0 spiro atoms. The van der Waals surface area contributed by atoms with Crippen LogP contribution in [0, 0.1) is 11.3 Å². The topological polar surface area (TPSA) is 95.6 Å². The van der Waals surface area contributed by atoms with Gasteiger partial charge in [-0.3, -0.25) is 4.98 Å². The Labute approximate surface area is 198 Å². The molecule has 34 heavy (non-hydrogen) atoms. The van der Waals surface area contributed by atoms with E-state index in [4.69, 9.17) is 13.9 Å². The number of nitriles is 1. The molecule has 1 saturated heterocycles. The number of pyridine rings is 1. The van der Waals surface area contributed by atoms with E-state index in [1.54, 1.807) is 19.6 Å². The predicted molar refractivity (Wildman–Crippen MR) is 132 cm³/mol. The molecule has 0 unspecified atom stereocenters. The van der Waals surface area contributed by atoms with Crippen LogP contribution in [0.15, 0.2) is 53.3 Å². The van der Waals surface area contributed by atoms with Crippen LogP contribution in [0.5, 0.6) is 11.5 Å². The maximum atomic E-state index is 9.74. The Kier molecular flexibility index (Phi) is 6.47. The molecule has 0 bridgehead atoms. The number of benzene rings is 2. The molecule has 2 N–H and O–H groups in total. The van der Waals surface area contributed by atoms with Crippen LogP contribution >= 0.6 is 0 Å². The zero-order valence-electron chi connectivity index (χ0n) is 19.1. The molecular weight excluding hydrogens is 430 g/mol. The van der Waals surface area contributed by atoms with Crippen molar-refractivity contribution < 1.29 is 13.9 Å². The summed E-state index contributed by atoms with van der Waals surface area (Å²) in [6, 6.07) is 13.7. The number of hydrogen-bond donors (Lipinski definition) is 2. The van der Waals surface area contributed by atoms with Crippen molar-refractivity contribution in [1.29, 1.82) is 5.26 Å². The summed E-state index contributed by atoms with van der Waals surface area (Å²) in [4.78, 5) is 6.95. The number of piperazine rings is 1. The van der Waals surface area contributed by atoms with E-state index >= 15 is 0 Å². The molecule has 174 valence electrons. The molecule has 1 aliphatic heterocycles. The second-order valence-corrected chi connectivity index (χ2v) is 8.24. The van der Waals surface area contributed by atoms with E-state index < -0.39 is 0 Å². The van der Waals surface area contributed by atoms with Gasteiger partial charge in [0.25, 0.3) is 0 Å². The fraction of sp³-hybridized carbons (Fsp3) is 0.308. The minimum Gasteiger partial charge on any atom is -0.493 e. The Balaban J connectivity index is 1.41. The smallest absolute Gasteiger partial charge is 0.163 e. The molecule has 5 rings (SSSR count). The Bertz CT molecular complexity index is 1340. The van der Waals surface area contributed by atoms with Crippen molar-refractivity contribution in [2.24, 2.45) is 0 Å². The highest BCUT2D eigenvalue weighted by Crippen LogP contribution is 2.38. The largest absolute Gasteiger partial charge is 0.493 e. The number of fused-ring (bicyclic) bond motifs is 2. The van der Waals surface area contributed by atoms with Crippen molar-refractivity contribution in [2.75, 3.05) is 51.8 Å². The van der Waals surface area contributed by atoms with Crippen molar-refractivity contribution in [3.63, 3.8) is 0 Å². The molecular formula is C26H27N5O3. The average Bonchev–Trinajstić information content (AvgIpc) is 3.37. The van der Waals surface area contributed by atoms with E-state index in [2.05, 4.69) is 26.6 Å². The first-order chi connectivity index (χ1) is 16.8. The van der Waals surface area contributed by atoms with Gasteiger partial charge in [0, 0.05) is 55.8 Å². The van der Waals surface area contributed by atoms with E-state index in [9.17, 15) is 5.26 Å². The molecule has 3 heterocycles. The lowest BCUT2D eigenvalue weighted by molar-refractivity contribution is 0.211. The number of nitrogens with one attached hydrogen (secondary N) is 2. The number of para-hydroxylation sites is 1. The average molecular weight is 458 g/mol. The van der Waals surface area contributed by atoms with Crippen LogP contribution in [0.2, 0.25) is 0 Å². The minimum absolute atomic E-state index is 0.433. The lowest BCUT2D eigenvalue weighted by Crippen LogP contribution is -2.43. The summed E-state index contributed by atoms with van der Waals surface area (Å²) in [5.74, 6) is 1.25. The zero-order valence-corrected chi connectivity index (χ0v) is 19.1. The Morgan fingerprint density at radius 2 is 2.09 bits per heavy atom. The number of methoxy groups -OCH3 is 1. The Morgan fingerprint density at radius 1 is 1.21 bits per heavy atom. The van der Waals surface area contributed by atoms with E-state index in [0.717, 1.165) is 61.2 Å². The zero-order chi connectivity index (χ0) is 23.3. The predicted octanol–water partition coefficient (Wildman–Crippen LogP) is 4.28. The van der Waals surface area contributed by atoms with Gasteiger partial charge in [0.1, 0.15) is 6.07 Å². The van der Waals surface area contributed by atoms with Crippen molar-refractivity contribution in [3.8, 4) is 17.6 Å². The summed E-state index contributed by atoms with van der Waals surface area (Å²) < 4.78 is 17.4.